The Morgan fingerprint density at radius 3 is 2.16 bits per heavy atom. The Bertz CT molecular complexity index is 2730. The zero-order chi connectivity index (χ0) is 53.6. The van der Waals surface area contributed by atoms with Crippen molar-refractivity contribution in [3.63, 3.8) is 0 Å². The van der Waals surface area contributed by atoms with E-state index < -0.39 is 72.9 Å². The normalized spacial score (nSPS) is 15.8. The fourth-order valence-electron chi connectivity index (χ4n) is 7.76. The molecule has 1 saturated carbocycles. The number of esters is 1. The molecule has 1 atom stereocenters. The molecule has 1 unspecified atom stereocenters. The van der Waals surface area contributed by atoms with Gasteiger partial charge in [0.2, 0.25) is 34.1 Å². The number of benzene rings is 3. The number of hydrogen-bond donors (Lipinski definition) is 5. The molecule has 1 saturated heterocycles. The highest BCUT2D eigenvalue weighted by atomic mass is 32.3. The minimum atomic E-state index is -5.68. The van der Waals surface area contributed by atoms with E-state index in [1.54, 1.807) is 29.2 Å². The number of rotatable bonds is 27. The van der Waals surface area contributed by atoms with Crippen LogP contribution in [0.25, 0.3) is 17.2 Å². The lowest BCUT2D eigenvalue weighted by molar-refractivity contribution is -0.136. The van der Waals surface area contributed by atoms with Crippen molar-refractivity contribution in [3.05, 3.63) is 76.9 Å². The van der Waals surface area contributed by atoms with Gasteiger partial charge in [-0.05, 0) is 65.6 Å². The van der Waals surface area contributed by atoms with Crippen LogP contribution in [0, 0.1) is 29.2 Å². The Labute approximate surface area is 426 Å². The monoisotopic (exact) mass is 1080 g/mol. The smallest absolute Gasteiger partial charge is 0.407 e. The summed E-state index contributed by atoms with van der Waals surface area (Å²) in [5, 5.41) is 5.57. The molecule has 20 nitrogen and oxygen atoms in total. The molecule has 74 heavy (non-hydrogen) atoms. The lowest BCUT2D eigenvalue weighted by atomic mass is 9.96. The third-order valence-corrected chi connectivity index (χ3v) is 14.7. The number of ether oxygens (including phenoxy) is 5. The Kier molecular flexibility index (Phi) is 20.6. The summed E-state index contributed by atoms with van der Waals surface area (Å²) in [5.41, 5.74) is 9.46. The van der Waals surface area contributed by atoms with Gasteiger partial charge < -0.3 is 45.0 Å². The van der Waals surface area contributed by atoms with Gasteiger partial charge in [-0.25, -0.2) is 18.6 Å². The van der Waals surface area contributed by atoms with Gasteiger partial charge in [-0.15, -0.1) is 0 Å². The molecule has 3 aromatic rings. The lowest BCUT2D eigenvalue weighted by Gasteiger charge is -2.35. The van der Waals surface area contributed by atoms with E-state index in [1.807, 2.05) is 31.2 Å². The molecule has 404 valence electrons. The molecule has 0 bridgehead atoms. The summed E-state index contributed by atoms with van der Waals surface area (Å²) in [6.07, 6.45) is 5.03. The number of hydrogen-bond acceptors (Lipinski definition) is 14. The van der Waals surface area contributed by atoms with Crippen molar-refractivity contribution in [2.24, 2.45) is 16.6 Å². The molecule has 2 heterocycles. The highest BCUT2D eigenvalue weighted by molar-refractivity contribution is 7.95. The van der Waals surface area contributed by atoms with E-state index in [9.17, 15) is 53.9 Å². The standard InChI is InChI=1S/C48H58F4N6O14S2/c1-2-15-57(16-5-14-54-48(62)71-35-7-4-8-35)47(61)34-23-33-11-10-32(25-37(33)56-38(53)26-34)31-6-3-9-36(24-31)73(63,64)58-28-30(29-58)27-55-39(59)12-17-68-19-21-70-22-20-69-18-13-40(60)72-45-41(49)43(51)46(74(65,66)67)44(52)42(45)50/h3,6,9-11,23-25,30,35H,2,4-5,7-8,12-22,26-29H2,1H3,(H5-,53,54,55,56,59,61,62,63,64,65,66,67)/p+1. The first-order valence-corrected chi connectivity index (χ1v) is 26.8. The van der Waals surface area contributed by atoms with E-state index in [0.717, 1.165) is 31.2 Å². The second-order valence-electron chi connectivity index (χ2n) is 17.5. The largest absolute Gasteiger partial charge is 0.446 e. The number of aliphatic imine (C=N–C) groups is 1. The Hall–Kier alpha value is -5.87. The van der Waals surface area contributed by atoms with Crippen molar-refractivity contribution < 1.29 is 82.2 Å². The SMILES string of the molecule is CCCN(CCCNC(=O)OC1CCC1)C(=O)C1=Cc2ccc(-c3cccc([S+](=O)(O)N4CC(CNC(=O)CCOCCOCCOCCC(=O)Oc5c(F)c(F)c(S(=O)(=O)O)c(F)c5F)C4)c3)cc2N=C(N)C1. The van der Waals surface area contributed by atoms with Crippen molar-refractivity contribution in [2.75, 3.05) is 78.9 Å². The van der Waals surface area contributed by atoms with Crippen LogP contribution >= 0.6 is 0 Å². The second kappa shape index (κ2) is 26.6. The van der Waals surface area contributed by atoms with Gasteiger partial charge in [0, 0.05) is 62.1 Å². The first kappa shape index (κ1) is 57.4. The first-order valence-electron chi connectivity index (χ1n) is 23.8. The van der Waals surface area contributed by atoms with Crippen molar-refractivity contribution in [1.82, 2.24) is 19.8 Å². The van der Waals surface area contributed by atoms with Crippen LogP contribution in [0.2, 0.25) is 0 Å². The molecule has 3 aliphatic rings. The van der Waals surface area contributed by atoms with Crippen LogP contribution in [0.15, 0.2) is 62.8 Å². The summed E-state index contributed by atoms with van der Waals surface area (Å²) in [6.45, 7) is 4.09. The molecule has 0 aromatic heterocycles. The number of alkyl carbamates (subject to hydrolysis) is 1. The van der Waals surface area contributed by atoms with E-state index in [2.05, 4.69) is 20.4 Å². The third-order valence-electron chi connectivity index (χ3n) is 11.9. The topological polar surface area (TPSA) is 275 Å². The number of carbonyl (C=O) groups is 4. The van der Waals surface area contributed by atoms with E-state index >= 15 is 0 Å². The van der Waals surface area contributed by atoms with Crippen LogP contribution in [-0.4, -0.2) is 141 Å². The number of fused-ring (bicyclic) bond motifs is 1. The summed E-state index contributed by atoms with van der Waals surface area (Å²) < 4.78 is 139. The Morgan fingerprint density at radius 1 is 0.878 bits per heavy atom. The van der Waals surface area contributed by atoms with Crippen molar-refractivity contribution in [3.8, 4) is 16.9 Å². The molecule has 26 heteroatoms. The Morgan fingerprint density at radius 2 is 1.53 bits per heavy atom. The molecule has 6 N–H and O–H groups in total. The maximum Gasteiger partial charge on any atom is 0.407 e. The zero-order valence-corrected chi connectivity index (χ0v) is 42.1. The maximum atomic E-state index is 14.1. The predicted octanol–water partition coefficient (Wildman–Crippen LogP) is 5.57. The fraction of sp³-hybridized carbons (Fsp3) is 0.479. The van der Waals surface area contributed by atoms with Gasteiger partial charge in [0.25, 0.3) is 0 Å². The molecule has 0 radical (unpaired) electrons. The quantitative estimate of drug-likeness (QED) is 0.0119. The van der Waals surface area contributed by atoms with Crippen molar-refractivity contribution in [1.29, 1.82) is 0 Å². The van der Waals surface area contributed by atoms with Gasteiger partial charge in [-0.1, -0.05) is 35.5 Å². The van der Waals surface area contributed by atoms with E-state index in [4.69, 9.17) is 29.2 Å². The van der Waals surface area contributed by atoms with E-state index in [0.29, 0.717) is 48.4 Å². The second-order valence-corrected chi connectivity index (χ2v) is 20.8. The first-order chi connectivity index (χ1) is 35.3. The minimum Gasteiger partial charge on any atom is -0.446 e. The highest BCUT2D eigenvalue weighted by Crippen LogP contribution is 2.36. The molecular weight excluding hydrogens is 1020 g/mol. The molecule has 2 aliphatic heterocycles. The molecule has 0 spiro atoms. The van der Waals surface area contributed by atoms with Crippen molar-refractivity contribution in [2.45, 2.75) is 74.2 Å². The number of amides is 3. The third kappa shape index (κ3) is 15.6. The number of amidine groups is 1. The predicted molar refractivity (Wildman–Crippen MR) is 260 cm³/mol. The average Bonchev–Trinajstić information content (AvgIpc) is 3.50. The van der Waals surface area contributed by atoms with E-state index in [-0.39, 0.29) is 107 Å². The van der Waals surface area contributed by atoms with Gasteiger partial charge in [-0.2, -0.15) is 21.8 Å². The summed E-state index contributed by atoms with van der Waals surface area (Å²) in [5.74, 6) is -13.1. The molecule has 6 rings (SSSR count). The van der Waals surface area contributed by atoms with Gasteiger partial charge >= 0.3 is 32.6 Å². The van der Waals surface area contributed by atoms with Crippen LogP contribution in [0.1, 0.15) is 63.9 Å². The van der Waals surface area contributed by atoms with Crippen LogP contribution < -0.4 is 21.1 Å². The summed E-state index contributed by atoms with van der Waals surface area (Å²) >= 11 is 0. The fourth-order valence-corrected chi connectivity index (χ4v) is 10.1. The molecule has 2 fully saturated rings. The average molecular weight is 1080 g/mol. The van der Waals surface area contributed by atoms with Crippen LogP contribution in [0.3, 0.4) is 0 Å². The van der Waals surface area contributed by atoms with Gasteiger partial charge in [0.05, 0.1) is 64.8 Å². The maximum absolute atomic E-state index is 14.1. The lowest BCUT2D eigenvalue weighted by Crippen LogP contribution is -2.55. The minimum absolute atomic E-state index is 0.0121. The van der Waals surface area contributed by atoms with Crippen LogP contribution in [0.5, 0.6) is 5.75 Å². The number of nitrogens with two attached hydrogens (primary N) is 1. The number of carbonyl (C=O) groups excluding carboxylic acids is 4. The molecule has 3 amide bonds. The van der Waals surface area contributed by atoms with Gasteiger partial charge in [-0.3, -0.25) is 18.9 Å². The molecule has 3 aromatic carbocycles. The van der Waals surface area contributed by atoms with Gasteiger partial charge in [0.15, 0.2) is 16.5 Å². The van der Waals surface area contributed by atoms with Crippen LogP contribution in [-0.2, 0) is 58.1 Å². The number of nitrogens with one attached hydrogen (secondary N) is 2. The molecular formula is C48H59F4N6O14S2+. The summed E-state index contributed by atoms with van der Waals surface area (Å²) in [4.78, 5) is 54.5. The van der Waals surface area contributed by atoms with Gasteiger partial charge in [0.1, 0.15) is 11.9 Å². The zero-order valence-electron chi connectivity index (χ0n) is 40.5. The molecule has 1 aliphatic carbocycles. The highest BCUT2D eigenvalue weighted by Gasteiger charge is 2.47. The van der Waals surface area contributed by atoms with E-state index in [1.165, 1.54) is 4.31 Å². The number of halogens is 4. The summed E-state index contributed by atoms with van der Waals surface area (Å²) in [7, 11) is -9.29. The summed E-state index contributed by atoms with van der Waals surface area (Å²) in [6, 6.07) is 12.2. The van der Waals surface area contributed by atoms with Crippen LogP contribution in [0.4, 0.5) is 28.0 Å². The Balaban J connectivity index is 0.857. The van der Waals surface area contributed by atoms with Crippen molar-refractivity contribution >= 4 is 62.0 Å². The number of nitrogens with zero attached hydrogens (tertiary/aromatic N) is 3.